The molecule has 92 valence electrons. The first kappa shape index (κ1) is 13.0. The first-order valence-corrected chi connectivity index (χ1v) is 5.13. The van der Waals surface area contributed by atoms with Gasteiger partial charge < -0.3 is 5.32 Å². The summed E-state index contributed by atoms with van der Waals surface area (Å²) in [5.74, 6) is -0.712. The minimum absolute atomic E-state index is 0.102. The van der Waals surface area contributed by atoms with Gasteiger partial charge in [-0.05, 0) is 18.1 Å². The molecule has 0 saturated carbocycles. The highest BCUT2D eigenvalue weighted by atomic mass is 19.1. The molecule has 1 aromatic carbocycles. The fraction of sp³-hybridized carbons (Fsp3) is 0.273. The van der Waals surface area contributed by atoms with Crippen LogP contribution in [0.15, 0.2) is 24.3 Å². The maximum Gasteiger partial charge on any atom is 0.333 e. The largest absolute Gasteiger partial charge is 0.340 e. The lowest BCUT2D eigenvalue weighted by Gasteiger charge is -2.06. The molecule has 3 N–H and O–H groups in total. The molecule has 0 saturated heterocycles. The number of urea groups is 1. The third-order valence-corrected chi connectivity index (χ3v) is 2.12. The quantitative estimate of drug-likeness (QED) is 0.680. The molecule has 5 nitrogen and oxygen atoms in total. The molecular formula is C11H14FN3O2. The molecule has 0 unspecified atom stereocenters. The SMILES string of the molecule is CNC(=O)NNC(=O)CCc1ccccc1F. The van der Waals surface area contributed by atoms with E-state index in [0.717, 1.165) is 0 Å². The van der Waals surface area contributed by atoms with Crippen molar-refractivity contribution < 1.29 is 14.0 Å². The molecule has 6 heteroatoms. The predicted octanol–water partition coefficient (Wildman–Crippen LogP) is 0.719. The molecule has 0 bridgehead atoms. The Labute approximate surface area is 98.4 Å². The van der Waals surface area contributed by atoms with E-state index in [9.17, 15) is 14.0 Å². The monoisotopic (exact) mass is 239 g/mol. The Balaban J connectivity index is 2.34. The Hall–Kier alpha value is -2.11. The number of halogens is 1. The highest BCUT2D eigenvalue weighted by molar-refractivity contribution is 5.80. The van der Waals surface area contributed by atoms with Gasteiger partial charge in [0.1, 0.15) is 5.82 Å². The molecule has 0 radical (unpaired) electrons. The topological polar surface area (TPSA) is 70.2 Å². The van der Waals surface area contributed by atoms with E-state index in [0.29, 0.717) is 5.56 Å². The summed E-state index contributed by atoms with van der Waals surface area (Å²) >= 11 is 0. The van der Waals surface area contributed by atoms with Crippen molar-refractivity contribution in [1.29, 1.82) is 0 Å². The molecule has 1 rings (SSSR count). The summed E-state index contributed by atoms with van der Waals surface area (Å²) in [7, 11) is 1.43. The Kier molecular flexibility index (Phi) is 4.93. The van der Waals surface area contributed by atoms with Crippen LogP contribution < -0.4 is 16.2 Å². The van der Waals surface area contributed by atoms with Crippen LogP contribution in [0.2, 0.25) is 0 Å². The molecule has 1 aromatic rings. The maximum absolute atomic E-state index is 13.2. The fourth-order valence-corrected chi connectivity index (χ4v) is 1.20. The lowest BCUT2D eigenvalue weighted by molar-refractivity contribution is -0.121. The fourth-order valence-electron chi connectivity index (χ4n) is 1.20. The number of aryl methyl sites for hydroxylation is 1. The first-order valence-electron chi connectivity index (χ1n) is 5.13. The van der Waals surface area contributed by atoms with E-state index < -0.39 is 6.03 Å². The van der Waals surface area contributed by atoms with Gasteiger partial charge in [0.15, 0.2) is 0 Å². The van der Waals surface area contributed by atoms with Crippen LogP contribution in [0.3, 0.4) is 0 Å². The molecule has 0 atom stereocenters. The van der Waals surface area contributed by atoms with Gasteiger partial charge in [0, 0.05) is 13.5 Å². The minimum atomic E-state index is -0.510. The molecule has 0 heterocycles. The summed E-state index contributed by atoms with van der Waals surface area (Å²) in [4.78, 5) is 22.0. The maximum atomic E-state index is 13.2. The number of carbonyl (C=O) groups excluding carboxylic acids is 2. The average molecular weight is 239 g/mol. The lowest BCUT2D eigenvalue weighted by atomic mass is 10.1. The molecule has 0 aromatic heterocycles. The minimum Gasteiger partial charge on any atom is -0.340 e. The number of hydrazine groups is 1. The number of nitrogens with one attached hydrogen (secondary N) is 3. The van der Waals surface area contributed by atoms with Crippen LogP contribution in [0.5, 0.6) is 0 Å². The third kappa shape index (κ3) is 4.50. The van der Waals surface area contributed by atoms with E-state index >= 15 is 0 Å². The van der Waals surface area contributed by atoms with Crippen LogP contribution in [0.25, 0.3) is 0 Å². The smallest absolute Gasteiger partial charge is 0.333 e. The molecule has 0 spiro atoms. The van der Waals surface area contributed by atoms with Crippen LogP contribution >= 0.6 is 0 Å². The molecule has 0 fully saturated rings. The zero-order valence-corrected chi connectivity index (χ0v) is 9.42. The van der Waals surface area contributed by atoms with Crippen LogP contribution in [-0.4, -0.2) is 19.0 Å². The van der Waals surface area contributed by atoms with E-state index in [1.165, 1.54) is 13.1 Å². The molecular weight excluding hydrogens is 225 g/mol. The number of rotatable bonds is 3. The Morgan fingerprint density at radius 2 is 1.94 bits per heavy atom. The number of hydrogen-bond donors (Lipinski definition) is 3. The van der Waals surface area contributed by atoms with Crippen molar-refractivity contribution in [3.63, 3.8) is 0 Å². The third-order valence-electron chi connectivity index (χ3n) is 2.12. The Morgan fingerprint density at radius 1 is 1.24 bits per heavy atom. The zero-order chi connectivity index (χ0) is 12.7. The van der Waals surface area contributed by atoms with Crippen LogP contribution in [0.1, 0.15) is 12.0 Å². The van der Waals surface area contributed by atoms with E-state index in [-0.39, 0.29) is 24.6 Å². The second-order valence-corrected chi connectivity index (χ2v) is 3.34. The standard InChI is InChI=1S/C11H14FN3O2/c1-13-11(17)15-14-10(16)7-6-8-4-2-3-5-9(8)12/h2-5H,6-7H2,1H3,(H,14,16)(H2,13,15,17). The number of hydrogen-bond acceptors (Lipinski definition) is 2. The van der Waals surface area contributed by atoms with Gasteiger partial charge in [0.2, 0.25) is 5.91 Å². The van der Waals surface area contributed by atoms with Crippen LogP contribution in [-0.2, 0) is 11.2 Å². The summed E-state index contributed by atoms with van der Waals surface area (Å²) in [6, 6.07) is 5.75. The van der Waals surface area contributed by atoms with Gasteiger partial charge in [-0.3, -0.25) is 10.2 Å². The predicted molar refractivity (Wildman–Crippen MR) is 60.5 cm³/mol. The number of amides is 3. The second kappa shape index (κ2) is 6.47. The van der Waals surface area contributed by atoms with Gasteiger partial charge in [-0.1, -0.05) is 18.2 Å². The number of benzene rings is 1. The van der Waals surface area contributed by atoms with E-state index in [1.807, 2.05) is 0 Å². The summed E-state index contributed by atoms with van der Waals surface area (Å²) in [6.07, 6.45) is 0.388. The molecule has 0 aliphatic heterocycles. The van der Waals surface area contributed by atoms with Crippen molar-refractivity contribution in [1.82, 2.24) is 16.2 Å². The lowest BCUT2D eigenvalue weighted by Crippen LogP contribution is -2.45. The highest BCUT2D eigenvalue weighted by Gasteiger charge is 2.06. The van der Waals surface area contributed by atoms with Crippen molar-refractivity contribution in [2.45, 2.75) is 12.8 Å². The van der Waals surface area contributed by atoms with E-state index in [1.54, 1.807) is 18.2 Å². The Bertz CT molecular complexity index is 409. The normalized spacial score (nSPS) is 9.53. The van der Waals surface area contributed by atoms with Gasteiger partial charge >= 0.3 is 6.03 Å². The zero-order valence-electron chi connectivity index (χ0n) is 9.42. The highest BCUT2D eigenvalue weighted by Crippen LogP contribution is 2.08. The van der Waals surface area contributed by atoms with Crippen molar-refractivity contribution >= 4 is 11.9 Å². The average Bonchev–Trinajstić information content (AvgIpc) is 2.35. The van der Waals surface area contributed by atoms with Gasteiger partial charge in [-0.25, -0.2) is 14.6 Å². The number of carbonyl (C=O) groups is 2. The van der Waals surface area contributed by atoms with Gasteiger partial charge in [0.05, 0.1) is 0 Å². The van der Waals surface area contributed by atoms with Gasteiger partial charge in [0.25, 0.3) is 0 Å². The summed E-state index contributed by atoms with van der Waals surface area (Å²) in [5.41, 5.74) is 4.81. The van der Waals surface area contributed by atoms with Crippen molar-refractivity contribution in [2.75, 3.05) is 7.05 Å². The molecule has 0 aliphatic rings. The van der Waals surface area contributed by atoms with Crippen molar-refractivity contribution in [2.24, 2.45) is 0 Å². The van der Waals surface area contributed by atoms with Crippen LogP contribution in [0.4, 0.5) is 9.18 Å². The second-order valence-electron chi connectivity index (χ2n) is 3.34. The molecule has 3 amide bonds. The molecule has 17 heavy (non-hydrogen) atoms. The first-order chi connectivity index (χ1) is 8.13. The van der Waals surface area contributed by atoms with Gasteiger partial charge in [-0.2, -0.15) is 0 Å². The van der Waals surface area contributed by atoms with Crippen LogP contribution in [0, 0.1) is 5.82 Å². The Morgan fingerprint density at radius 3 is 2.59 bits per heavy atom. The summed E-state index contributed by atoms with van der Waals surface area (Å²) in [5, 5.41) is 2.28. The molecule has 0 aliphatic carbocycles. The van der Waals surface area contributed by atoms with Gasteiger partial charge in [-0.15, -0.1) is 0 Å². The van der Waals surface area contributed by atoms with E-state index in [2.05, 4.69) is 16.2 Å². The van der Waals surface area contributed by atoms with Crippen molar-refractivity contribution in [3.05, 3.63) is 35.6 Å². The summed E-state index contributed by atoms with van der Waals surface area (Å²) in [6.45, 7) is 0. The summed E-state index contributed by atoms with van der Waals surface area (Å²) < 4.78 is 13.2. The van der Waals surface area contributed by atoms with E-state index in [4.69, 9.17) is 0 Å². The van der Waals surface area contributed by atoms with Crippen molar-refractivity contribution in [3.8, 4) is 0 Å².